The molecule has 1 aliphatic rings. The lowest BCUT2D eigenvalue weighted by atomic mass is 9.89. The van der Waals surface area contributed by atoms with E-state index >= 15 is 0 Å². The highest BCUT2D eigenvalue weighted by Crippen LogP contribution is 2.35. The number of aliphatic carboxylic acids is 1. The SMILES string of the molecule is CC(CC(=O)O)c1c(NC(=O)N2CCC(c3ccc(F)cc3)CC2)[nH]c2ccccc12. The van der Waals surface area contributed by atoms with E-state index in [2.05, 4.69) is 10.3 Å². The Morgan fingerprint density at radius 2 is 1.84 bits per heavy atom. The molecule has 162 valence electrons. The molecule has 3 N–H and O–H groups in total. The van der Waals surface area contributed by atoms with E-state index in [0.29, 0.717) is 24.8 Å². The number of fused-ring (bicyclic) bond motifs is 1. The van der Waals surface area contributed by atoms with Crippen LogP contribution in [0, 0.1) is 5.82 Å². The maximum Gasteiger partial charge on any atom is 0.322 e. The summed E-state index contributed by atoms with van der Waals surface area (Å²) in [5.74, 6) is -0.512. The number of rotatable bonds is 5. The minimum absolute atomic E-state index is 0.0201. The molecule has 0 saturated carbocycles. The molecule has 3 aromatic rings. The van der Waals surface area contributed by atoms with E-state index in [1.165, 1.54) is 12.1 Å². The van der Waals surface area contributed by atoms with Gasteiger partial charge in [0.1, 0.15) is 11.6 Å². The number of hydrogen-bond donors (Lipinski definition) is 3. The van der Waals surface area contributed by atoms with Crippen LogP contribution in [-0.2, 0) is 4.79 Å². The van der Waals surface area contributed by atoms with Gasteiger partial charge in [0.15, 0.2) is 0 Å². The van der Waals surface area contributed by atoms with E-state index in [1.807, 2.05) is 43.3 Å². The highest BCUT2D eigenvalue weighted by atomic mass is 19.1. The summed E-state index contributed by atoms with van der Waals surface area (Å²) in [7, 11) is 0. The average molecular weight is 423 g/mol. The first-order chi connectivity index (χ1) is 14.9. The summed E-state index contributed by atoms with van der Waals surface area (Å²) in [5, 5.41) is 13.1. The van der Waals surface area contributed by atoms with E-state index < -0.39 is 5.97 Å². The highest BCUT2D eigenvalue weighted by molar-refractivity contribution is 5.96. The molecule has 2 aromatic carbocycles. The van der Waals surface area contributed by atoms with Gasteiger partial charge >= 0.3 is 12.0 Å². The zero-order valence-corrected chi connectivity index (χ0v) is 17.4. The number of amides is 2. The van der Waals surface area contributed by atoms with Crippen molar-refractivity contribution in [2.45, 2.75) is 38.0 Å². The molecule has 0 radical (unpaired) electrons. The summed E-state index contributed by atoms with van der Waals surface area (Å²) < 4.78 is 13.2. The van der Waals surface area contributed by atoms with Crippen LogP contribution in [0.4, 0.5) is 15.0 Å². The third kappa shape index (κ3) is 4.55. The Morgan fingerprint density at radius 3 is 2.52 bits per heavy atom. The van der Waals surface area contributed by atoms with Crippen molar-refractivity contribution in [3.63, 3.8) is 0 Å². The van der Waals surface area contributed by atoms with Crippen molar-refractivity contribution in [1.82, 2.24) is 9.88 Å². The minimum Gasteiger partial charge on any atom is -0.481 e. The monoisotopic (exact) mass is 423 g/mol. The first kappa shape index (κ1) is 20.9. The van der Waals surface area contributed by atoms with Gasteiger partial charge in [-0.25, -0.2) is 9.18 Å². The number of aromatic nitrogens is 1. The van der Waals surface area contributed by atoms with Gasteiger partial charge in [0.25, 0.3) is 0 Å². The number of halogens is 1. The Kier molecular flexibility index (Phi) is 5.93. The molecule has 2 heterocycles. The molecule has 0 spiro atoms. The number of H-pyrrole nitrogens is 1. The molecule has 4 rings (SSSR count). The van der Waals surface area contributed by atoms with E-state index in [0.717, 1.165) is 34.9 Å². The number of carboxylic acids is 1. The Balaban J connectivity index is 1.47. The molecule has 0 bridgehead atoms. The number of benzene rings is 2. The fourth-order valence-corrected chi connectivity index (χ4v) is 4.47. The largest absolute Gasteiger partial charge is 0.481 e. The lowest BCUT2D eigenvalue weighted by molar-refractivity contribution is -0.137. The fourth-order valence-electron chi connectivity index (χ4n) is 4.47. The predicted molar refractivity (Wildman–Crippen MR) is 118 cm³/mol. The quantitative estimate of drug-likeness (QED) is 0.521. The number of piperidine rings is 1. The summed E-state index contributed by atoms with van der Waals surface area (Å²) in [6, 6.07) is 14.0. The molecule has 0 aliphatic carbocycles. The molecule has 1 saturated heterocycles. The van der Waals surface area contributed by atoms with Crippen molar-refractivity contribution in [3.05, 3.63) is 65.5 Å². The molecule has 1 atom stereocenters. The van der Waals surface area contributed by atoms with Crippen molar-refractivity contribution in [1.29, 1.82) is 0 Å². The van der Waals surface area contributed by atoms with Crippen LogP contribution in [0.25, 0.3) is 10.9 Å². The second-order valence-corrected chi connectivity index (χ2v) is 8.20. The first-order valence-corrected chi connectivity index (χ1v) is 10.6. The van der Waals surface area contributed by atoms with Gasteiger partial charge in [-0.2, -0.15) is 0 Å². The number of carbonyl (C=O) groups excluding carboxylic acids is 1. The van der Waals surface area contributed by atoms with Crippen molar-refractivity contribution in [2.75, 3.05) is 18.4 Å². The van der Waals surface area contributed by atoms with Gasteiger partial charge in [0.05, 0.1) is 6.42 Å². The van der Waals surface area contributed by atoms with Crippen molar-refractivity contribution >= 4 is 28.7 Å². The van der Waals surface area contributed by atoms with Crippen LogP contribution in [0.15, 0.2) is 48.5 Å². The third-order valence-electron chi connectivity index (χ3n) is 6.08. The molecule has 2 amide bonds. The normalized spacial score (nSPS) is 15.7. The first-order valence-electron chi connectivity index (χ1n) is 10.6. The highest BCUT2D eigenvalue weighted by Gasteiger charge is 2.26. The van der Waals surface area contributed by atoms with Gasteiger partial charge in [0.2, 0.25) is 0 Å². The van der Waals surface area contributed by atoms with Crippen molar-refractivity contribution in [2.24, 2.45) is 0 Å². The molecule has 31 heavy (non-hydrogen) atoms. The van der Waals surface area contributed by atoms with Crippen LogP contribution in [0.3, 0.4) is 0 Å². The lowest BCUT2D eigenvalue weighted by Gasteiger charge is -2.32. The maximum atomic E-state index is 13.2. The number of likely N-dealkylation sites (tertiary alicyclic amines) is 1. The Labute approximate surface area is 180 Å². The zero-order valence-electron chi connectivity index (χ0n) is 17.4. The summed E-state index contributed by atoms with van der Waals surface area (Å²) in [5.41, 5.74) is 2.77. The van der Waals surface area contributed by atoms with Crippen LogP contribution in [0.1, 0.15) is 49.1 Å². The Hall–Kier alpha value is -3.35. The predicted octanol–water partition coefficient (Wildman–Crippen LogP) is 5.30. The summed E-state index contributed by atoms with van der Waals surface area (Å²) >= 11 is 0. The molecule has 7 heteroatoms. The Bertz CT molecular complexity index is 1090. The smallest absolute Gasteiger partial charge is 0.322 e. The fraction of sp³-hybridized carbons (Fsp3) is 0.333. The van der Waals surface area contributed by atoms with Crippen molar-refractivity contribution < 1.29 is 19.1 Å². The summed E-state index contributed by atoms with van der Waals surface area (Å²) in [4.78, 5) is 29.2. The molecule has 6 nitrogen and oxygen atoms in total. The number of anilines is 1. The summed E-state index contributed by atoms with van der Waals surface area (Å²) in [6.45, 7) is 3.07. The maximum absolute atomic E-state index is 13.2. The van der Waals surface area contributed by atoms with Gasteiger partial charge in [-0.1, -0.05) is 37.3 Å². The summed E-state index contributed by atoms with van der Waals surface area (Å²) in [6.07, 6.45) is 1.61. The van der Waals surface area contributed by atoms with Gasteiger partial charge in [-0.05, 0) is 48.4 Å². The van der Waals surface area contributed by atoms with Gasteiger partial charge < -0.3 is 15.0 Å². The van der Waals surface area contributed by atoms with Crippen LogP contribution in [-0.4, -0.2) is 40.1 Å². The average Bonchev–Trinajstić information content (AvgIpc) is 3.12. The van der Waals surface area contributed by atoms with Crippen LogP contribution in [0.2, 0.25) is 0 Å². The second-order valence-electron chi connectivity index (χ2n) is 8.20. The third-order valence-corrected chi connectivity index (χ3v) is 6.08. The molecule has 1 fully saturated rings. The number of nitrogens with zero attached hydrogens (tertiary/aromatic N) is 1. The number of carbonyl (C=O) groups is 2. The number of nitrogens with one attached hydrogen (secondary N) is 2. The molecule has 1 unspecified atom stereocenters. The number of carboxylic acid groups (broad SMARTS) is 1. The zero-order chi connectivity index (χ0) is 22.0. The molecule has 1 aromatic heterocycles. The van der Waals surface area contributed by atoms with Crippen molar-refractivity contribution in [3.8, 4) is 0 Å². The van der Waals surface area contributed by atoms with E-state index in [9.17, 15) is 19.1 Å². The molecular weight excluding hydrogens is 397 g/mol. The number of aromatic amines is 1. The van der Waals surface area contributed by atoms with E-state index in [4.69, 9.17) is 0 Å². The van der Waals surface area contributed by atoms with E-state index in [1.54, 1.807) is 4.90 Å². The number of hydrogen-bond acceptors (Lipinski definition) is 2. The van der Waals surface area contributed by atoms with Crippen LogP contribution < -0.4 is 5.32 Å². The minimum atomic E-state index is -0.877. The topological polar surface area (TPSA) is 85.4 Å². The van der Waals surface area contributed by atoms with Crippen LogP contribution >= 0.6 is 0 Å². The lowest BCUT2D eigenvalue weighted by Crippen LogP contribution is -2.40. The van der Waals surface area contributed by atoms with Gasteiger partial charge in [0, 0.05) is 29.6 Å². The molecular formula is C24H26FN3O3. The standard InChI is InChI=1S/C24H26FN3O3/c1-15(14-21(29)30)22-19-4-2-3-5-20(19)26-23(22)27-24(31)28-12-10-17(11-13-28)16-6-8-18(25)9-7-16/h2-9,15,17,26H,10-14H2,1H3,(H,27,31)(H,29,30). The number of urea groups is 1. The van der Waals surface area contributed by atoms with Gasteiger partial charge in [-0.15, -0.1) is 0 Å². The van der Waals surface area contributed by atoms with E-state index in [-0.39, 0.29) is 24.2 Å². The van der Waals surface area contributed by atoms with Crippen LogP contribution in [0.5, 0.6) is 0 Å². The number of para-hydroxylation sites is 1. The van der Waals surface area contributed by atoms with Gasteiger partial charge in [-0.3, -0.25) is 10.1 Å². The Morgan fingerprint density at radius 1 is 1.16 bits per heavy atom. The molecule has 1 aliphatic heterocycles. The second kappa shape index (κ2) is 8.79.